The molecule has 0 aliphatic carbocycles. The number of hydrogen-bond acceptors (Lipinski definition) is 3. The number of imidazole rings is 1. The molecule has 86 valence electrons. The van der Waals surface area contributed by atoms with Crippen LogP contribution in [0.3, 0.4) is 0 Å². The molecule has 16 heavy (non-hydrogen) atoms. The molecule has 3 nitrogen and oxygen atoms in total. The SMILES string of the molecule is CCn1ccnc1CNC(C)c1ccsc1. The highest BCUT2D eigenvalue weighted by Gasteiger charge is 2.07. The van der Waals surface area contributed by atoms with Gasteiger partial charge in [-0.05, 0) is 36.2 Å². The molecule has 2 heterocycles. The minimum atomic E-state index is 0.383. The molecule has 0 spiro atoms. The van der Waals surface area contributed by atoms with Crippen LogP contribution in [0.1, 0.15) is 31.3 Å². The van der Waals surface area contributed by atoms with Gasteiger partial charge >= 0.3 is 0 Å². The normalized spacial score (nSPS) is 12.9. The first kappa shape index (κ1) is 11.4. The zero-order valence-electron chi connectivity index (χ0n) is 9.68. The molecule has 0 aliphatic rings. The molecule has 0 radical (unpaired) electrons. The summed E-state index contributed by atoms with van der Waals surface area (Å²) in [6, 6.07) is 2.54. The first-order chi connectivity index (χ1) is 7.81. The molecule has 0 saturated heterocycles. The topological polar surface area (TPSA) is 29.9 Å². The van der Waals surface area contributed by atoms with Crippen LogP contribution in [-0.4, -0.2) is 9.55 Å². The molecule has 0 amide bonds. The minimum Gasteiger partial charge on any atom is -0.334 e. The molecule has 2 aromatic heterocycles. The smallest absolute Gasteiger partial charge is 0.122 e. The van der Waals surface area contributed by atoms with Crippen molar-refractivity contribution in [3.8, 4) is 0 Å². The highest BCUT2D eigenvalue weighted by molar-refractivity contribution is 7.07. The fourth-order valence-electron chi connectivity index (χ4n) is 1.68. The maximum atomic E-state index is 4.34. The number of aryl methyl sites for hydroxylation is 1. The van der Waals surface area contributed by atoms with E-state index in [1.165, 1.54) is 5.56 Å². The third kappa shape index (κ3) is 2.51. The second kappa shape index (κ2) is 5.27. The van der Waals surface area contributed by atoms with Crippen molar-refractivity contribution in [2.45, 2.75) is 33.0 Å². The Labute approximate surface area is 100 Å². The Morgan fingerprint density at radius 2 is 2.44 bits per heavy atom. The van der Waals surface area contributed by atoms with Gasteiger partial charge in [0.05, 0.1) is 6.54 Å². The summed E-state index contributed by atoms with van der Waals surface area (Å²) in [5.41, 5.74) is 1.35. The van der Waals surface area contributed by atoms with Gasteiger partial charge in [-0.25, -0.2) is 4.98 Å². The van der Waals surface area contributed by atoms with Gasteiger partial charge in [0, 0.05) is 25.0 Å². The molecule has 0 bridgehead atoms. The summed E-state index contributed by atoms with van der Waals surface area (Å²) in [6.07, 6.45) is 3.88. The van der Waals surface area contributed by atoms with Gasteiger partial charge in [0.25, 0.3) is 0 Å². The van der Waals surface area contributed by atoms with Crippen molar-refractivity contribution < 1.29 is 0 Å². The Hall–Kier alpha value is -1.13. The van der Waals surface area contributed by atoms with E-state index in [0.717, 1.165) is 18.9 Å². The predicted octanol–water partition coefficient (Wildman–Crippen LogP) is 2.82. The molecule has 2 aromatic rings. The summed E-state index contributed by atoms with van der Waals surface area (Å²) in [6.45, 7) is 6.11. The minimum absolute atomic E-state index is 0.383. The van der Waals surface area contributed by atoms with Crippen molar-refractivity contribution >= 4 is 11.3 Å². The average molecular weight is 235 g/mol. The lowest BCUT2D eigenvalue weighted by Gasteiger charge is -2.12. The highest BCUT2D eigenvalue weighted by atomic mass is 32.1. The molecular formula is C12H17N3S. The van der Waals surface area contributed by atoms with Crippen molar-refractivity contribution in [3.63, 3.8) is 0 Å². The van der Waals surface area contributed by atoms with E-state index < -0.39 is 0 Å². The van der Waals surface area contributed by atoms with Gasteiger partial charge in [-0.3, -0.25) is 0 Å². The fraction of sp³-hybridized carbons (Fsp3) is 0.417. The van der Waals surface area contributed by atoms with E-state index in [4.69, 9.17) is 0 Å². The Bertz CT molecular complexity index is 419. The lowest BCUT2D eigenvalue weighted by atomic mass is 10.2. The number of aromatic nitrogens is 2. The van der Waals surface area contributed by atoms with Crippen LogP contribution in [0.15, 0.2) is 29.2 Å². The quantitative estimate of drug-likeness (QED) is 0.863. The van der Waals surface area contributed by atoms with Gasteiger partial charge in [-0.1, -0.05) is 0 Å². The van der Waals surface area contributed by atoms with Gasteiger partial charge in [-0.15, -0.1) is 0 Å². The van der Waals surface area contributed by atoms with Crippen molar-refractivity contribution in [2.24, 2.45) is 0 Å². The van der Waals surface area contributed by atoms with Crippen molar-refractivity contribution in [2.75, 3.05) is 0 Å². The van der Waals surface area contributed by atoms with Crippen molar-refractivity contribution in [1.82, 2.24) is 14.9 Å². The first-order valence-corrected chi connectivity index (χ1v) is 6.51. The number of nitrogens with one attached hydrogen (secondary N) is 1. The van der Waals surface area contributed by atoms with Gasteiger partial charge in [0.2, 0.25) is 0 Å². The van der Waals surface area contributed by atoms with Gasteiger partial charge in [0.15, 0.2) is 0 Å². The third-order valence-electron chi connectivity index (χ3n) is 2.75. The molecule has 2 rings (SSSR count). The second-order valence-electron chi connectivity index (χ2n) is 3.79. The van der Waals surface area contributed by atoms with E-state index in [2.05, 4.69) is 45.5 Å². The molecule has 0 aromatic carbocycles. The standard InChI is InChI=1S/C12H17N3S/c1-3-15-6-5-13-12(15)8-14-10(2)11-4-7-16-9-11/h4-7,9-10,14H,3,8H2,1-2H3. The highest BCUT2D eigenvalue weighted by Crippen LogP contribution is 2.15. The van der Waals surface area contributed by atoms with E-state index in [9.17, 15) is 0 Å². The molecule has 4 heteroatoms. The van der Waals surface area contributed by atoms with Crippen LogP contribution >= 0.6 is 11.3 Å². The van der Waals surface area contributed by atoms with Crippen LogP contribution in [0.25, 0.3) is 0 Å². The largest absolute Gasteiger partial charge is 0.334 e. The lowest BCUT2D eigenvalue weighted by Crippen LogP contribution is -2.20. The van der Waals surface area contributed by atoms with Crippen LogP contribution in [0.5, 0.6) is 0 Å². The maximum Gasteiger partial charge on any atom is 0.122 e. The van der Waals surface area contributed by atoms with E-state index in [1.54, 1.807) is 11.3 Å². The molecule has 1 unspecified atom stereocenters. The molecular weight excluding hydrogens is 218 g/mol. The van der Waals surface area contributed by atoms with Gasteiger partial charge in [-0.2, -0.15) is 11.3 Å². The Kier molecular flexibility index (Phi) is 3.74. The van der Waals surface area contributed by atoms with Crippen LogP contribution < -0.4 is 5.32 Å². The summed E-state index contributed by atoms with van der Waals surface area (Å²) in [5.74, 6) is 1.10. The van der Waals surface area contributed by atoms with Crippen molar-refractivity contribution in [3.05, 3.63) is 40.6 Å². The van der Waals surface area contributed by atoms with Crippen LogP contribution in [0.4, 0.5) is 0 Å². The predicted molar refractivity (Wildman–Crippen MR) is 67.5 cm³/mol. The number of nitrogens with zero attached hydrogens (tertiary/aromatic N) is 2. The second-order valence-corrected chi connectivity index (χ2v) is 4.57. The van der Waals surface area contributed by atoms with E-state index in [1.807, 2.05) is 12.4 Å². The Morgan fingerprint density at radius 3 is 3.12 bits per heavy atom. The molecule has 1 N–H and O–H groups in total. The van der Waals surface area contributed by atoms with Crippen LogP contribution in [0.2, 0.25) is 0 Å². The first-order valence-electron chi connectivity index (χ1n) is 5.56. The molecule has 0 saturated carbocycles. The summed E-state index contributed by atoms with van der Waals surface area (Å²) in [4.78, 5) is 4.34. The van der Waals surface area contributed by atoms with E-state index in [0.29, 0.717) is 6.04 Å². The lowest BCUT2D eigenvalue weighted by molar-refractivity contribution is 0.541. The number of rotatable bonds is 5. The summed E-state index contributed by atoms with van der Waals surface area (Å²) in [5, 5.41) is 7.78. The average Bonchev–Trinajstić information content (AvgIpc) is 2.96. The van der Waals surface area contributed by atoms with E-state index >= 15 is 0 Å². The fourth-order valence-corrected chi connectivity index (χ4v) is 2.43. The molecule has 0 aliphatic heterocycles. The Balaban J connectivity index is 1.92. The van der Waals surface area contributed by atoms with Gasteiger partial charge < -0.3 is 9.88 Å². The summed E-state index contributed by atoms with van der Waals surface area (Å²) in [7, 11) is 0. The summed E-state index contributed by atoms with van der Waals surface area (Å²) < 4.78 is 2.16. The van der Waals surface area contributed by atoms with E-state index in [-0.39, 0.29) is 0 Å². The summed E-state index contributed by atoms with van der Waals surface area (Å²) >= 11 is 1.74. The van der Waals surface area contributed by atoms with Crippen molar-refractivity contribution in [1.29, 1.82) is 0 Å². The number of thiophene rings is 1. The van der Waals surface area contributed by atoms with Gasteiger partial charge in [0.1, 0.15) is 5.82 Å². The Morgan fingerprint density at radius 1 is 1.56 bits per heavy atom. The zero-order chi connectivity index (χ0) is 11.4. The third-order valence-corrected chi connectivity index (χ3v) is 3.45. The van der Waals surface area contributed by atoms with Crippen LogP contribution in [0, 0.1) is 0 Å². The maximum absolute atomic E-state index is 4.34. The molecule has 1 atom stereocenters. The number of hydrogen-bond donors (Lipinski definition) is 1. The monoisotopic (exact) mass is 235 g/mol. The van der Waals surface area contributed by atoms with Crippen LogP contribution in [-0.2, 0) is 13.1 Å². The zero-order valence-corrected chi connectivity index (χ0v) is 10.5. The molecule has 0 fully saturated rings.